The van der Waals surface area contributed by atoms with Gasteiger partial charge in [-0.15, -0.1) is 0 Å². The van der Waals surface area contributed by atoms with E-state index in [9.17, 15) is 9.18 Å². The van der Waals surface area contributed by atoms with Gasteiger partial charge in [0.15, 0.2) is 0 Å². The van der Waals surface area contributed by atoms with Crippen LogP contribution >= 0.6 is 15.9 Å². The topological polar surface area (TPSA) is 117 Å². The lowest BCUT2D eigenvalue weighted by atomic mass is 9.41. The largest absolute Gasteiger partial charge is 0.408 e. The van der Waals surface area contributed by atoms with E-state index in [0.717, 1.165) is 48.7 Å². The number of nitrogens with two attached hydrogens (primary N) is 2. The molecule has 6 aliphatic rings. The van der Waals surface area contributed by atoms with Crippen molar-refractivity contribution in [3.63, 3.8) is 0 Å². The third-order valence-corrected chi connectivity index (χ3v) is 9.05. The van der Waals surface area contributed by atoms with Crippen LogP contribution in [0.15, 0.2) is 38.9 Å². The molecular formula is C23H29BrFN5O2. The maximum absolute atomic E-state index is 14.2. The smallest absolute Gasteiger partial charge is 0.258 e. The van der Waals surface area contributed by atoms with Gasteiger partial charge in [0.1, 0.15) is 11.5 Å². The number of halogens is 2. The van der Waals surface area contributed by atoms with E-state index in [1.165, 1.54) is 0 Å². The summed E-state index contributed by atoms with van der Waals surface area (Å²) < 4.78 is 15.1. The van der Waals surface area contributed by atoms with Gasteiger partial charge in [-0.05, 0) is 86.6 Å². The minimum atomic E-state index is -1.11. The number of hydrogen-bond donors (Lipinski definition) is 3. The number of fused-ring (bicyclic) bond motifs is 3. The van der Waals surface area contributed by atoms with Crippen molar-refractivity contribution in [1.82, 2.24) is 0 Å². The Morgan fingerprint density at radius 3 is 2.25 bits per heavy atom. The van der Waals surface area contributed by atoms with Crippen molar-refractivity contribution in [3.05, 3.63) is 28.7 Å². The molecule has 1 aromatic carbocycles. The van der Waals surface area contributed by atoms with Crippen LogP contribution in [-0.2, 0) is 4.79 Å². The minimum absolute atomic E-state index is 0.00750. The Morgan fingerprint density at radius 2 is 1.72 bits per heavy atom. The average Bonchev–Trinajstić information content (AvgIpc) is 2.75. The molecule has 6 fully saturated rings. The number of anilines is 1. The second kappa shape index (κ2) is 7.17. The number of aliphatic imine (C=N–C) groups is 1. The van der Waals surface area contributed by atoms with E-state index in [-0.39, 0.29) is 22.7 Å². The molecule has 7 rings (SSSR count). The highest BCUT2D eigenvalue weighted by atomic mass is 79.9. The van der Waals surface area contributed by atoms with Crippen LogP contribution in [0.2, 0.25) is 0 Å². The third-order valence-electron chi connectivity index (χ3n) is 8.56. The Labute approximate surface area is 195 Å². The Kier molecular flexibility index (Phi) is 4.86. The van der Waals surface area contributed by atoms with E-state index in [4.69, 9.17) is 16.7 Å². The zero-order valence-electron chi connectivity index (χ0n) is 18.0. The van der Waals surface area contributed by atoms with E-state index in [1.54, 1.807) is 0 Å². The van der Waals surface area contributed by atoms with Crippen molar-refractivity contribution in [2.24, 2.45) is 37.9 Å². The molecule has 0 atom stereocenters. The molecule has 4 bridgehead atoms. The van der Waals surface area contributed by atoms with Gasteiger partial charge in [0, 0.05) is 22.1 Å². The highest BCUT2D eigenvalue weighted by Gasteiger charge is 2.73. The molecule has 0 aliphatic heterocycles. The maximum atomic E-state index is 14.2. The lowest BCUT2D eigenvalue weighted by Crippen LogP contribution is -2.71. The molecular weight excluding hydrogens is 477 g/mol. The molecule has 9 heteroatoms. The summed E-state index contributed by atoms with van der Waals surface area (Å²) >= 11 is 3.53. The fourth-order valence-corrected chi connectivity index (χ4v) is 6.97. The lowest BCUT2D eigenvalue weighted by molar-refractivity contribution is -0.211. The van der Waals surface area contributed by atoms with Crippen LogP contribution in [0.1, 0.15) is 57.8 Å². The first-order valence-electron chi connectivity index (χ1n) is 11.2. The first kappa shape index (κ1) is 21.7. The number of carbonyl (C=O) groups excluding carboxylic acids is 1. The van der Waals surface area contributed by atoms with Crippen LogP contribution in [-0.4, -0.2) is 35.1 Å². The SMILES string of the molecule is N/C(=N\C(N)=N\O)C12CCC(CN(C(=O)C34CC(F)(C3)C4)c3cccc(Br)c3)(CC1)CC2. The molecule has 0 heterocycles. The Morgan fingerprint density at radius 1 is 1.09 bits per heavy atom. The first-order valence-corrected chi connectivity index (χ1v) is 12.0. The van der Waals surface area contributed by atoms with Crippen LogP contribution in [0, 0.1) is 16.2 Å². The number of carbonyl (C=O) groups is 1. The molecule has 32 heavy (non-hydrogen) atoms. The van der Waals surface area contributed by atoms with Crippen molar-refractivity contribution in [2.75, 3.05) is 11.4 Å². The number of hydrogen-bond acceptors (Lipinski definition) is 3. The number of amides is 1. The van der Waals surface area contributed by atoms with Crippen LogP contribution in [0.25, 0.3) is 0 Å². The number of guanidine groups is 1. The molecule has 5 N–H and O–H groups in total. The molecule has 7 nitrogen and oxygen atoms in total. The van der Waals surface area contributed by atoms with E-state index in [1.807, 2.05) is 29.2 Å². The second-order valence-electron chi connectivity index (χ2n) is 10.6. The molecule has 1 aromatic rings. The Bertz CT molecular complexity index is 981. The van der Waals surface area contributed by atoms with Gasteiger partial charge in [0.05, 0.1) is 5.41 Å². The summed E-state index contributed by atoms with van der Waals surface area (Å²) in [6.45, 7) is 0.636. The summed E-state index contributed by atoms with van der Waals surface area (Å²) in [5.41, 5.74) is 10.8. The summed E-state index contributed by atoms with van der Waals surface area (Å²) in [6.07, 6.45) is 6.45. The lowest BCUT2D eigenvalue weighted by Gasteiger charge is -2.65. The van der Waals surface area contributed by atoms with Crippen molar-refractivity contribution in [1.29, 1.82) is 0 Å². The van der Waals surface area contributed by atoms with E-state index in [2.05, 4.69) is 26.1 Å². The van der Waals surface area contributed by atoms with Gasteiger partial charge in [0.2, 0.25) is 5.91 Å². The van der Waals surface area contributed by atoms with Crippen LogP contribution in [0.4, 0.5) is 10.1 Å². The van der Waals surface area contributed by atoms with Crippen LogP contribution in [0.5, 0.6) is 0 Å². The number of oxime groups is 1. The number of rotatable bonds is 5. The molecule has 0 aromatic heterocycles. The van der Waals surface area contributed by atoms with Gasteiger partial charge in [-0.2, -0.15) is 4.99 Å². The number of amidine groups is 1. The molecule has 172 valence electrons. The van der Waals surface area contributed by atoms with Gasteiger partial charge in [-0.25, -0.2) is 4.39 Å². The molecule has 0 radical (unpaired) electrons. The van der Waals surface area contributed by atoms with Crippen molar-refractivity contribution in [2.45, 2.75) is 63.5 Å². The predicted molar refractivity (Wildman–Crippen MR) is 124 cm³/mol. The quantitative estimate of drug-likeness (QED) is 0.242. The number of benzene rings is 1. The molecule has 1 amide bonds. The van der Waals surface area contributed by atoms with Crippen LogP contribution in [0.3, 0.4) is 0 Å². The van der Waals surface area contributed by atoms with Gasteiger partial charge >= 0.3 is 0 Å². The first-order chi connectivity index (χ1) is 15.1. The fraction of sp³-hybridized carbons (Fsp3) is 0.609. The normalized spacial score (nSPS) is 38.1. The Balaban J connectivity index is 1.37. The van der Waals surface area contributed by atoms with Gasteiger partial charge < -0.3 is 21.6 Å². The Hall–Kier alpha value is -2.16. The summed E-state index contributed by atoms with van der Waals surface area (Å²) in [6, 6.07) is 7.82. The number of nitrogens with zero attached hydrogens (tertiary/aromatic N) is 3. The predicted octanol–water partition coefficient (Wildman–Crippen LogP) is 4.08. The summed E-state index contributed by atoms with van der Waals surface area (Å²) in [7, 11) is 0. The highest BCUT2D eigenvalue weighted by molar-refractivity contribution is 9.10. The third kappa shape index (κ3) is 3.31. The average molecular weight is 506 g/mol. The van der Waals surface area contributed by atoms with Crippen molar-refractivity contribution in [3.8, 4) is 0 Å². The van der Waals surface area contributed by atoms with Crippen molar-refractivity contribution >= 4 is 39.3 Å². The summed E-state index contributed by atoms with van der Waals surface area (Å²) in [5.74, 6) is 0.276. The molecule has 0 unspecified atom stereocenters. The summed E-state index contributed by atoms with van der Waals surface area (Å²) in [5, 5.41) is 11.7. The zero-order valence-corrected chi connectivity index (χ0v) is 19.6. The van der Waals surface area contributed by atoms with E-state index < -0.39 is 11.1 Å². The second-order valence-corrected chi connectivity index (χ2v) is 11.5. The molecule has 6 saturated carbocycles. The van der Waals surface area contributed by atoms with Gasteiger partial charge in [0.25, 0.3) is 5.96 Å². The minimum Gasteiger partial charge on any atom is -0.408 e. The van der Waals surface area contributed by atoms with Crippen LogP contribution < -0.4 is 16.4 Å². The fourth-order valence-electron chi connectivity index (χ4n) is 6.59. The monoisotopic (exact) mass is 505 g/mol. The van der Waals surface area contributed by atoms with Crippen molar-refractivity contribution < 1.29 is 14.4 Å². The van der Waals surface area contributed by atoms with E-state index in [0.29, 0.717) is 31.6 Å². The maximum Gasteiger partial charge on any atom is 0.258 e. The van der Waals surface area contributed by atoms with E-state index >= 15 is 0 Å². The standard InChI is InChI=1S/C23H29BrFN5O2/c24-15-2-1-3-16(10-15)30(18(31)22-11-23(25,12-22)13-22)14-20-4-7-21(8-5-20,9-6-20)17(26)28-19(27)29-32/h1-3,10,32H,4-9,11-14H2,(H4,26,27,28,29). The van der Waals surface area contributed by atoms with Gasteiger partial charge in [-0.1, -0.05) is 22.0 Å². The number of alkyl halides is 1. The zero-order chi connectivity index (χ0) is 22.8. The molecule has 6 aliphatic carbocycles. The summed E-state index contributed by atoms with van der Waals surface area (Å²) in [4.78, 5) is 19.7. The molecule has 0 saturated heterocycles. The highest BCUT2D eigenvalue weighted by Crippen LogP contribution is 2.70. The van der Waals surface area contributed by atoms with Gasteiger partial charge in [-0.3, -0.25) is 4.79 Å². The molecule has 0 spiro atoms.